The van der Waals surface area contributed by atoms with Gasteiger partial charge in [0.25, 0.3) is 0 Å². The standard InChI is InChI=1S/C24H21N2OP/c1-26-18-17-25-24(26)23(22(27)19-11-5-2-6-12-19)28(20-13-7-3-8-14-20)21-15-9-4-10-16-21/h2-18,23H,1H3. The van der Waals surface area contributed by atoms with Gasteiger partial charge in [0.05, 0.1) is 0 Å². The van der Waals surface area contributed by atoms with Gasteiger partial charge in [-0.15, -0.1) is 0 Å². The summed E-state index contributed by atoms with van der Waals surface area (Å²) in [7, 11) is 0.978. The molecular formula is C24H21N2OP. The third-order valence-corrected chi connectivity index (χ3v) is 7.43. The Hall–Kier alpha value is -3.03. The monoisotopic (exact) mass is 384 g/mol. The van der Waals surface area contributed by atoms with E-state index in [-0.39, 0.29) is 11.4 Å². The van der Waals surface area contributed by atoms with E-state index < -0.39 is 7.92 Å². The average molecular weight is 384 g/mol. The van der Waals surface area contributed by atoms with Crippen LogP contribution in [-0.2, 0) is 7.05 Å². The van der Waals surface area contributed by atoms with E-state index in [4.69, 9.17) is 0 Å². The number of Topliss-reactive ketones (excluding diaryl/α,β-unsaturated/α-hetero) is 1. The van der Waals surface area contributed by atoms with Gasteiger partial charge in [-0.25, -0.2) is 4.98 Å². The minimum atomic E-state index is -0.977. The summed E-state index contributed by atoms with van der Waals surface area (Å²) in [5.41, 5.74) is 0.358. The van der Waals surface area contributed by atoms with E-state index in [0.717, 1.165) is 11.4 Å². The smallest absolute Gasteiger partial charge is 0.178 e. The molecule has 4 heteroatoms. The summed E-state index contributed by atoms with van der Waals surface area (Å²) in [6, 6.07) is 30.2. The maximum Gasteiger partial charge on any atom is 0.178 e. The van der Waals surface area contributed by atoms with Crippen molar-refractivity contribution in [3.05, 3.63) is 115 Å². The Morgan fingerprint density at radius 3 is 1.79 bits per heavy atom. The van der Waals surface area contributed by atoms with Crippen LogP contribution in [0, 0.1) is 0 Å². The Bertz CT molecular complexity index is 1010. The molecule has 138 valence electrons. The first-order valence-electron chi connectivity index (χ1n) is 9.21. The Kier molecular flexibility index (Phi) is 5.45. The first-order valence-corrected chi connectivity index (χ1v) is 10.6. The van der Waals surface area contributed by atoms with Crippen LogP contribution in [0.2, 0.25) is 0 Å². The number of nitrogens with zero attached hydrogens (tertiary/aromatic N) is 2. The molecule has 0 saturated heterocycles. The number of carbonyl (C=O) groups is 1. The summed E-state index contributed by atoms with van der Waals surface area (Å²) >= 11 is 0. The lowest BCUT2D eigenvalue weighted by molar-refractivity contribution is 0.0985. The molecule has 3 aromatic carbocycles. The van der Waals surface area contributed by atoms with Crippen molar-refractivity contribution >= 4 is 24.3 Å². The van der Waals surface area contributed by atoms with Crippen molar-refractivity contribution in [2.45, 2.75) is 5.66 Å². The molecule has 1 unspecified atom stereocenters. The summed E-state index contributed by atoms with van der Waals surface area (Å²) in [6.45, 7) is 0. The SMILES string of the molecule is Cn1ccnc1C(C(=O)c1ccccc1)P(c1ccccc1)c1ccccc1. The van der Waals surface area contributed by atoms with Crippen LogP contribution in [-0.4, -0.2) is 15.3 Å². The third kappa shape index (κ3) is 3.67. The highest BCUT2D eigenvalue weighted by Gasteiger charge is 2.35. The summed E-state index contributed by atoms with van der Waals surface area (Å²) in [5, 5.41) is 2.34. The minimum Gasteiger partial charge on any atom is -0.337 e. The molecule has 0 radical (unpaired) electrons. The zero-order valence-corrected chi connectivity index (χ0v) is 16.5. The molecule has 0 aliphatic rings. The van der Waals surface area contributed by atoms with Crippen molar-refractivity contribution < 1.29 is 4.79 Å². The highest BCUT2D eigenvalue weighted by atomic mass is 31.1. The predicted octanol–water partition coefficient (Wildman–Crippen LogP) is 4.48. The van der Waals surface area contributed by atoms with Crippen LogP contribution >= 0.6 is 7.92 Å². The maximum absolute atomic E-state index is 13.7. The lowest BCUT2D eigenvalue weighted by Gasteiger charge is -2.27. The lowest BCUT2D eigenvalue weighted by Crippen LogP contribution is -2.25. The maximum atomic E-state index is 13.7. The number of aryl methyl sites for hydroxylation is 1. The van der Waals surface area contributed by atoms with Crippen molar-refractivity contribution in [1.82, 2.24) is 9.55 Å². The number of hydrogen-bond acceptors (Lipinski definition) is 2. The van der Waals surface area contributed by atoms with Gasteiger partial charge in [0.2, 0.25) is 0 Å². The molecule has 4 rings (SSSR count). The van der Waals surface area contributed by atoms with Crippen LogP contribution in [0.4, 0.5) is 0 Å². The molecule has 3 nitrogen and oxygen atoms in total. The van der Waals surface area contributed by atoms with Crippen LogP contribution in [0.25, 0.3) is 0 Å². The van der Waals surface area contributed by atoms with E-state index in [2.05, 4.69) is 29.2 Å². The third-order valence-electron chi connectivity index (χ3n) is 4.74. The number of carbonyl (C=O) groups excluding carboxylic acids is 1. The fraction of sp³-hybridized carbons (Fsp3) is 0.0833. The van der Waals surface area contributed by atoms with Crippen LogP contribution in [0.15, 0.2) is 103 Å². The Morgan fingerprint density at radius 1 is 0.821 bits per heavy atom. The zero-order chi connectivity index (χ0) is 19.3. The fourth-order valence-corrected chi connectivity index (χ4v) is 6.12. The minimum absolute atomic E-state index is 0.105. The molecule has 0 aliphatic heterocycles. The summed E-state index contributed by atoms with van der Waals surface area (Å²) in [6.07, 6.45) is 3.67. The van der Waals surface area contributed by atoms with Crippen LogP contribution < -0.4 is 10.6 Å². The molecule has 0 aliphatic carbocycles. The molecule has 0 spiro atoms. The molecule has 1 aromatic heterocycles. The zero-order valence-electron chi connectivity index (χ0n) is 15.6. The van der Waals surface area contributed by atoms with Crippen molar-refractivity contribution in [2.24, 2.45) is 7.05 Å². The normalized spacial score (nSPS) is 12.1. The predicted molar refractivity (Wildman–Crippen MR) is 116 cm³/mol. The van der Waals surface area contributed by atoms with E-state index in [9.17, 15) is 4.79 Å². The van der Waals surface area contributed by atoms with Gasteiger partial charge < -0.3 is 4.57 Å². The molecule has 1 heterocycles. The number of hydrogen-bond donors (Lipinski definition) is 0. The van der Waals surface area contributed by atoms with Crippen LogP contribution in [0.3, 0.4) is 0 Å². The first-order chi connectivity index (χ1) is 13.8. The van der Waals surface area contributed by atoms with E-state index in [1.54, 1.807) is 6.20 Å². The van der Waals surface area contributed by atoms with Gasteiger partial charge in [-0.2, -0.15) is 0 Å². The second kappa shape index (κ2) is 8.33. The molecule has 4 aromatic rings. The van der Waals surface area contributed by atoms with Crippen molar-refractivity contribution in [1.29, 1.82) is 0 Å². The van der Waals surface area contributed by atoms with Crippen LogP contribution in [0.1, 0.15) is 21.8 Å². The van der Waals surface area contributed by atoms with Crippen molar-refractivity contribution in [3.8, 4) is 0 Å². The van der Waals surface area contributed by atoms with Gasteiger partial charge in [0, 0.05) is 25.0 Å². The summed E-state index contributed by atoms with van der Waals surface area (Å²) in [4.78, 5) is 18.3. The molecule has 28 heavy (non-hydrogen) atoms. The highest BCUT2D eigenvalue weighted by Crippen LogP contribution is 2.50. The second-order valence-corrected chi connectivity index (χ2v) is 8.86. The topological polar surface area (TPSA) is 34.9 Å². The van der Waals surface area contributed by atoms with Gasteiger partial charge in [-0.3, -0.25) is 4.79 Å². The summed E-state index contributed by atoms with van der Waals surface area (Å²) < 4.78 is 1.96. The molecule has 0 bridgehead atoms. The number of ketones is 1. The van der Waals surface area contributed by atoms with E-state index in [1.165, 1.54) is 10.6 Å². The molecular weight excluding hydrogens is 363 g/mol. The molecule has 0 amide bonds. The highest BCUT2D eigenvalue weighted by molar-refractivity contribution is 7.74. The second-order valence-electron chi connectivity index (χ2n) is 6.57. The van der Waals surface area contributed by atoms with Crippen LogP contribution in [0.5, 0.6) is 0 Å². The van der Waals surface area contributed by atoms with Crippen molar-refractivity contribution in [2.75, 3.05) is 0 Å². The fourth-order valence-electron chi connectivity index (χ4n) is 3.38. The summed E-state index contributed by atoms with van der Waals surface area (Å²) in [5.74, 6) is 0.904. The number of imidazole rings is 1. The van der Waals surface area contributed by atoms with E-state index in [0.29, 0.717) is 0 Å². The number of rotatable bonds is 6. The van der Waals surface area contributed by atoms with Gasteiger partial charge in [-0.05, 0) is 18.5 Å². The molecule has 0 N–H and O–H groups in total. The van der Waals surface area contributed by atoms with Gasteiger partial charge in [-0.1, -0.05) is 91.0 Å². The van der Waals surface area contributed by atoms with Crippen molar-refractivity contribution in [3.63, 3.8) is 0 Å². The van der Waals surface area contributed by atoms with Gasteiger partial charge in [0.15, 0.2) is 5.78 Å². The van der Waals surface area contributed by atoms with Gasteiger partial charge >= 0.3 is 0 Å². The Labute approximate surface area is 166 Å². The Morgan fingerprint density at radius 2 is 1.32 bits per heavy atom. The molecule has 1 atom stereocenters. The van der Waals surface area contributed by atoms with E-state index in [1.807, 2.05) is 84.5 Å². The molecule has 0 saturated carbocycles. The van der Waals surface area contributed by atoms with Gasteiger partial charge in [0.1, 0.15) is 11.5 Å². The average Bonchev–Trinajstić information content (AvgIpc) is 3.18. The number of aromatic nitrogens is 2. The first kappa shape index (κ1) is 18.3. The molecule has 0 fully saturated rings. The largest absolute Gasteiger partial charge is 0.337 e. The lowest BCUT2D eigenvalue weighted by atomic mass is 10.1. The quantitative estimate of drug-likeness (QED) is 0.363. The Balaban J connectivity index is 1.92. The van der Waals surface area contributed by atoms with E-state index >= 15 is 0 Å². The number of benzene rings is 3.